The lowest BCUT2D eigenvalue weighted by molar-refractivity contribution is 0.102. The van der Waals surface area contributed by atoms with Crippen LogP contribution in [-0.2, 0) is 15.8 Å². The highest BCUT2D eigenvalue weighted by molar-refractivity contribution is 7.98. The van der Waals surface area contributed by atoms with Crippen LogP contribution in [-0.4, -0.2) is 63.0 Å². The van der Waals surface area contributed by atoms with E-state index in [4.69, 9.17) is 0 Å². The van der Waals surface area contributed by atoms with Gasteiger partial charge in [-0.25, -0.2) is 8.42 Å². The van der Waals surface area contributed by atoms with Crippen molar-refractivity contribution in [3.63, 3.8) is 0 Å². The Hall–Kier alpha value is -1.87. The van der Waals surface area contributed by atoms with Crippen LogP contribution in [0.2, 0.25) is 0 Å². The highest BCUT2D eigenvalue weighted by atomic mass is 32.2. The number of thioether (sulfide) groups is 1. The van der Waals surface area contributed by atoms with Crippen LogP contribution in [0.1, 0.15) is 15.9 Å². The minimum atomic E-state index is -3.35. The fraction of sp³-hybridized carbons (Fsp3) is 0.350. The summed E-state index contributed by atoms with van der Waals surface area (Å²) in [6.07, 6.45) is 1.98. The van der Waals surface area contributed by atoms with Gasteiger partial charge in [0.05, 0.1) is 5.75 Å². The second-order valence-electron chi connectivity index (χ2n) is 6.84. The predicted molar refractivity (Wildman–Crippen MR) is 114 cm³/mol. The molecule has 2 aromatic rings. The summed E-state index contributed by atoms with van der Waals surface area (Å²) < 4.78 is 26.8. The minimum Gasteiger partial charge on any atom is -0.322 e. The molecule has 8 heteroatoms. The molecule has 1 aliphatic heterocycles. The third kappa shape index (κ3) is 5.35. The Morgan fingerprint density at radius 1 is 1.07 bits per heavy atom. The SMILES string of the molecule is CSc1cccc(NC(=O)c2ccc(CS(=O)(=O)N3CCN(C)CC3)cc2)c1. The van der Waals surface area contributed by atoms with Gasteiger partial charge in [-0.05, 0) is 49.2 Å². The van der Waals surface area contributed by atoms with Gasteiger partial charge >= 0.3 is 0 Å². The molecule has 1 aliphatic rings. The van der Waals surface area contributed by atoms with E-state index in [-0.39, 0.29) is 11.7 Å². The van der Waals surface area contributed by atoms with Crippen molar-refractivity contribution in [1.82, 2.24) is 9.21 Å². The molecule has 3 rings (SSSR count). The van der Waals surface area contributed by atoms with Crippen LogP contribution >= 0.6 is 11.8 Å². The fourth-order valence-corrected chi connectivity index (χ4v) is 5.00. The van der Waals surface area contributed by atoms with Crippen LogP contribution < -0.4 is 5.32 Å². The van der Waals surface area contributed by atoms with Crippen molar-refractivity contribution in [2.45, 2.75) is 10.6 Å². The summed E-state index contributed by atoms with van der Waals surface area (Å²) in [5.74, 6) is -0.263. The second-order valence-corrected chi connectivity index (χ2v) is 9.69. The van der Waals surface area contributed by atoms with E-state index in [1.165, 1.54) is 0 Å². The van der Waals surface area contributed by atoms with Crippen LogP contribution in [0.5, 0.6) is 0 Å². The predicted octanol–water partition coefficient (Wildman–Crippen LogP) is 2.74. The lowest BCUT2D eigenvalue weighted by atomic mass is 10.1. The average molecular weight is 420 g/mol. The van der Waals surface area contributed by atoms with E-state index in [0.29, 0.717) is 24.2 Å². The van der Waals surface area contributed by atoms with Crippen molar-refractivity contribution in [1.29, 1.82) is 0 Å². The van der Waals surface area contributed by atoms with E-state index >= 15 is 0 Å². The van der Waals surface area contributed by atoms with Gasteiger partial charge < -0.3 is 10.2 Å². The molecule has 6 nitrogen and oxygen atoms in total. The van der Waals surface area contributed by atoms with Gasteiger partial charge in [-0.15, -0.1) is 11.8 Å². The lowest BCUT2D eigenvalue weighted by Crippen LogP contribution is -2.47. The highest BCUT2D eigenvalue weighted by Gasteiger charge is 2.25. The van der Waals surface area contributed by atoms with Gasteiger partial charge in [0.2, 0.25) is 10.0 Å². The van der Waals surface area contributed by atoms with E-state index in [9.17, 15) is 13.2 Å². The summed E-state index contributed by atoms with van der Waals surface area (Å²) in [6.45, 7) is 2.54. The Balaban J connectivity index is 1.63. The Morgan fingerprint density at radius 2 is 1.75 bits per heavy atom. The molecule has 1 amide bonds. The first-order valence-electron chi connectivity index (χ1n) is 9.08. The number of nitrogens with one attached hydrogen (secondary N) is 1. The number of benzene rings is 2. The molecule has 1 N–H and O–H groups in total. The first kappa shape index (κ1) is 20.9. The van der Waals surface area contributed by atoms with E-state index in [0.717, 1.165) is 23.7 Å². The molecular weight excluding hydrogens is 394 g/mol. The number of hydrogen-bond donors (Lipinski definition) is 1. The maximum atomic E-state index is 12.6. The lowest BCUT2D eigenvalue weighted by Gasteiger charge is -2.31. The van der Waals surface area contributed by atoms with Gasteiger partial charge in [0.15, 0.2) is 0 Å². The molecule has 0 radical (unpaired) electrons. The van der Waals surface area contributed by atoms with Gasteiger partial charge in [-0.2, -0.15) is 4.31 Å². The molecule has 1 fully saturated rings. The Bertz CT molecular complexity index is 922. The van der Waals surface area contributed by atoms with Gasteiger partial charge in [0.25, 0.3) is 5.91 Å². The number of sulfonamides is 1. The van der Waals surface area contributed by atoms with Gasteiger partial charge in [-0.3, -0.25) is 4.79 Å². The van der Waals surface area contributed by atoms with Crippen molar-refractivity contribution in [2.24, 2.45) is 0 Å². The van der Waals surface area contributed by atoms with Crippen molar-refractivity contribution in [3.8, 4) is 0 Å². The highest BCUT2D eigenvalue weighted by Crippen LogP contribution is 2.20. The van der Waals surface area contributed by atoms with Gasteiger partial charge in [-0.1, -0.05) is 18.2 Å². The number of hydrogen-bond acceptors (Lipinski definition) is 5. The molecule has 1 saturated heterocycles. The first-order valence-corrected chi connectivity index (χ1v) is 11.9. The largest absolute Gasteiger partial charge is 0.322 e. The minimum absolute atomic E-state index is 0.0472. The number of amides is 1. The quantitative estimate of drug-likeness (QED) is 0.729. The Labute approximate surface area is 171 Å². The summed E-state index contributed by atoms with van der Waals surface area (Å²) in [5.41, 5.74) is 1.91. The number of carbonyl (C=O) groups excluding carboxylic acids is 1. The molecule has 0 aromatic heterocycles. The average Bonchev–Trinajstić information content (AvgIpc) is 2.68. The van der Waals surface area contributed by atoms with E-state index < -0.39 is 10.0 Å². The van der Waals surface area contributed by atoms with Crippen LogP contribution in [0.3, 0.4) is 0 Å². The summed E-state index contributed by atoms with van der Waals surface area (Å²) in [5, 5.41) is 2.87. The van der Waals surface area contributed by atoms with Crippen LogP contribution in [0.25, 0.3) is 0 Å². The van der Waals surface area contributed by atoms with Crippen molar-refractivity contribution < 1.29 is 13.2 Å². The number of rotatable bonds is 6. The normalized spacial score (nSPS) is 16.1. The van der Waals surface area contributed by atoms with Crippen LogP contribution in [0, 0.1) is 0 Å². The zero-order valence-corrected chi connectivity index (χ0v) is 17.7. The monoisotopic (exact) mass is 419 g/mol. The standard InChI is InChI=1S/C20H25N3O3S2/c1-22-10-12-23(13-11-22)28(25,26)15-16-6-8-17(9-7-16)20(24)21-18-4-3-5-19(14-18)27-2/h3-9,14H,10-13,15H2,1-2H3,(H,21,24). The van der Waals surface area contributed by atoms with E-state index in [2.05, 4.69) is 10.2 Å². The third-order valence-electron chi connectivity index (χ3n) is 4.75. The molecular formula is C20H25N3O3S2. The maximum absolute atomic E-state index is 12.6. The molecule has 0 saturated carbocycles. The van der Waals surface area contributed by atoms with Crippen molar-refractivity contribution >= 4 is 33.4 Å². The molecule has 0 unspecified atom stereocenters. The van der Waals surface area contributed by atoms with Gasteiger partial charge in [0, 0.05) is 42.3 Å². The van der Waals surface area contributed by atoms with Crippen LogP contribution in [0.4, 0.5) is 5.69 Å². The molecule has 0 atom stereocenters. The zero-order valence-electron chi connectivity index (χ0n) is 16.1. The molecule has 1 heterocycles. The number of likely N-dealkylation sites (N-methyl/N-ethyl adjacent to an activating group) is 1. The number of piperazine rings is 1. The summed E-state index contributed by atoms with van der Waals surface area (Å²) >= 11 is 1.61. The molecule has 2 aromatic carbocycles. The number of nitrogens with zero attached hydrogens (tertiary/aromatic N) is 2. The molecule has 28 heavy (non-hydrogen) atoms. The number of carbonyl (C=O) groups is 1. The first-order chi connectivity index (χ1) is 13.4. The maximum Gasteiger partial charge on any atom is 0.255 e. The summed E-state index contributed by atoms with van der Waals surface area (Å²) in [4.78, 5) is 15.6. The Kier molecular flexibility index (Phi) is 6.77. The molecule has 0 aliphatic carbocycles. The molecule has 0 spiro atoms. The van der Waals surface area contributed by atoms with Crippen molar-refractivity contribution in [3.05, 3.63) is 59.7 Å². The molecule has 150 valence electrons. The molecule has 0 bridgehead atoms. The summed E-state index contributed by atoms with van der Waals surface area (Å²) in [6, 6.07) is 14.4. The van der Waals surface area contributed by atoms with Gasteiger partial charge in [0.1, 0.15) is 0 Å². The third-order valence-corrected chi connectivity index (χ3v) is 7.32. The van der Waals surface area contributed by atoms with E-state index in [1.807, 2.05) is 37.6 Å². The van der Waals surface area contributed by atoms with E-state index in [1.54, 1.807) is 40.3 Å². The fourth-order valence-electron chi connectivity index (χ4n) is 3.02. The Morgan fingerprint density at radius 3 is 2.39 bits per heavy atom. The van der Waals surface area contributed by atoms with Crippen molar-refractivity contribution in [2.75, 3.05) is 44.8 Å². The zero-order chi connectivity index (χ0) is 20.1. The second kappa shape index (κ2) is 9.09. The topological polar surface area (TPSA) is 69.7 Å². The smallest absolute Gasteiger partial charge is 0.255 e. The summed E-state index contributed by atoms with van der Waals surface area (Å²) in [7, 11) is -1.35. The number of anilines is 1. The van der Waals surface area contributed by atoms with Crippen LogP contribution in [0.15, 0.2) is 53.4 Å².